The lowest BCUT2D eigenvalue weighted by Gasteiger charge is -2.19. The van der Waals surface area contributed by atoms with E-state index >= 15 is 0 Å². The van der Waals surface area contributed by atoms with E-state index < -0.39 is 0 Å². The van der Waals surface area contributed by atoms with Crippen LogP contribution >= 0.6 is 0 Å². The largest absolute Gasteiger partial charge is 0.261 e. The van der Waals surface area contributed by atoms with E-state index in [0.29, 0.717) is 5.92 Å². The maximum Gasteiger partial charge on any atom is 0.0482 e. The fourth-order valence-corrected chi connectivity index (χ4v) is 3.55. The maximum absolute atomic E-state index is 4.76. The van der Waals surface area contributed by atoms with Gasteiger partial charge in [-0.2, -0.15) is 0 Å². The van der Waals surface area contributed by atoms with Gasteiger partial charge in [0.05, 0.1) is 0 Å². The number of nitrogens with zero attached hydrogens (tertiary/aromatic N) is 1. The van der Waals surface area contributed by atoms with Crippen molar-refractivity contribution in [3.8, 4) is 0 Å². The molecule has 1 nitrogen and oxygen atoms in total. The summed E-state index contributed by atoms with van der Waals surface area (Å²) in [6, 6.07) is 13.3. The summed E-state index contributed by atoms with van der Waals surface area (Å²) in [7, 11) is 0. The molecule has 0 bridgehead atoms. The quantitative estimate of drug-likeness (QED) is 0.529. The van der Waals surface area contributed by atoms with Crippen molar-refractivity contribution in [1.29, 1.82) is 0 Å². The molecule has 0 radical (unpaired) electrons. The number of hydrogen-bond acceptors (Lipinski definition) is 1. The van der Waals surface area contributed by atoms with Crippen molar-refractivity contribution in [3.05, 3.63) is 65.0 Å². The van der Waals surface area contributed by atoms with E-state index in [1.54, 1.807) is 0 Å². The van der Waals surface area contributed by atoms with Crippen LogP contribution in [-0.4, -0.2) is 4.98 Å². The number of benzene rings is 1. The number of hydrogen-bond donors (Lipinski definition) is 0. The lowest BCUT2D eigenvalue weighted by atomic mass is 9.87. The van der Waals surface area contributed by atoms with E-state index in [1.807, 2.05) is 6.20 Å². The zero-order valence-corrected chi connectivity index (χ0v) is 15.0. The first-order valence-electron chi connectivity index (χ1n) is 9.30. The van der Waals surface area contributed by atoms with Crippen molar-refractivity contribution >= 4 is 0 Å². The minimum Gasteiger partial charge on any atom is -0.261 e. The third-order valence-electron chi connectivity index (χ3n) is 4.64. The average molecular weight is 309 g/mol. The van der Waals surface area contributed by atoms with Crippen LogP contribution in [0.4, 0.5) is 0 Å². The van der Waals surface area contributed by atoms with Gasteiger partial charge in [-0.1, -0.05) is 70.4 Å². The standard InChI is InChI=1S/C22H31N/c1-4-10-18-13-7-8-14-20(18)17-22-21(15-9-16-23-22)19(11-5-2)12-6-3/h7-9,13-16,19H,4-6,10-12,17H2,1-3H3. The second-order valence-corrected chi connectivity index (χ2v) is 6.51. The Balaban J connectivity index is 2.30. The molecule has 0 N–H and O–H groups in total. The predicted octanol–water partition coefficient (Wildman–Crippen LogP) is 6.31. The van der Waals surface area contributed by atoms with Gasteiger partial charge in [0.15, 0.2) is 0 Å². The third-order valence-corrected chi connectivity index (χ3v) is 4.64. The summed E-state index contributed by atoms with van der Waals surface area (Å²) >= 11 is 0. The Kier molecular flexibility index (Phi) is 7.32. The van der Waals surface area contributed by atoms with Crippen molar-refractivity contribution in [2.24, 2.45) is 0 Å². The van der Waals surface area contributed by atoms with Crippen LogP contribution in [0, 0.1) is 0 Å². The highest BCUT2D eigenvalue weighted by Gasteiger charge is 2.15. The molecule has 0 unspecified atom stereocenters. The fourth-order valence-electron chi connectivity index (χ4n) is 3.55. The van der Waals surface area contributed by atoms with Gasteiger partial charge < -0.3 is 0 Å². The normalized spacial score (nSPS) is 11.1. The van der Waals surface area contributed by atoms with Crippen LogP contribution in [0.2, 0.25) is 0 Å². The molecule has 0 fully saturated rings. The topological polar surface area (TPSA) is 12.9 Å². The Morgan fingerprint density at radius 1 is 0.826 bits per heavy atom. The van der Waals surface area contributed by atoms with Crippen LogP contribution in [-0.2, 0) is 12.8 Å². The van der Waals surface area contributed by atoms with Gasteiger partial charge in [0.1, 0.15) is 0 Å². The molecule has 2 rings (SSSR count). The molecule has 1 heterocycles. The van der Waals surface area contributed by atoms with Crippen LogP contribution < -0.4 is 0 Å². The highest BCUT2D eigenvalue weighted by Crippen LogP contribution is 2.29. The van der Waals surface area contributed by atoms with Gasteiger partial charge in [0.25, 0.3) is 0 Å². The summed E-state index contributed by atoms with van der Waals surface area (Å²) < 4.78 is 0. The van der Waals surface area contributed by atoms with Gasteiger partial charge in [-0.3, -0.25) is 4.98 Å². The summed E-state index contributed by atoms with van der Waals surface area (Å²) in [5.74, 6) is 0.659. The van der Waals surface area contributed by atoms with Crippen molar-refractivity contribution in [3.63, 3.8) is 0 Å². The van der Waals surface area contributed by atoms with Crippen molar-refractivity contribution in [2.45, 2.75) is 71.6 Å². The van der Waals surface area contributed by atoms with Crippen molar-refractivity contribution in [2.75, 3.05) is 0 Å². The lowest BCUT2D eigenvalue weighted by Crippen LogP contribution is -2.06. The smallest absolute Gasteiger partial charge is 0.0482 e. The zero-order valence-electron chi connectivity index (χ0n) is 15.0. The molecule has 0 saturated carbocycles. The molecule has 124 valence electrons. The van der Waals surface area contributed by atoms with E-state index in [0.717, 1.165) is 12.8 Å². The number of pyridine rings is 1. The molecule has 0 atom stereocenters. The molecule has 0 saturated heterocycles. The van der Waals surface area contributed by atoms with Gasteiger partial charge in [-0.05, 0) is 47.9 Å². The molecule has 23 heavy (non-hydrogen) atoms. The van der Waals surface area contributed by atoms with Gasteiger partial charge in [-0.25, -0.2) is 0 Å². The molecule has 0 spiro atoms. The molecule has 2 aromatic rings. The summed E-state index contributed by atoms with van der Waals surface area (Å²) in [5, 5.41) is 0. The first-order valence-corrected chi connectivity index (χ1v) is 9.30. The predicted molar refractivity (Wildman–Crippen MR) is 100 cm³/mol. The van der Waals surface area contributed by atoms with Crippen LogP contribution in [0.1, 0.15) is 81.2 Å². The Morgan fingerprint density at radius 3 is 2.17 bits per heavy atom. The van der Waals surface area contributed by atoms with E-state index in [9.17, 15) is 0 Å². The van der Waals surface area contributed by atoms with Gasteiger partial charge in [0, 0.05) is 18.3 Å². The van der Waals surface area contributed by atoms with Crippen LogP contribution in [0.5, 0.6) is 0 Å². The number of aryl methyl sites for hydroxylation is 1. The minimum absolute atomic E-state index is 0.659. The Morgan fingerprint density at radius 2 is 1.52 bits per heavy atom. The first kappa shape index (κ1) is 17.7. The highest BCUT2D eigenvalue weighted by molar-refractivity contribution is 5.34. The van der Waals surface area contributed by atoms with Crippen LogP contribution in [0.3, 0.4) is 0 Å². The van der Waals surface area contributed by atoms with E-state index in [2.05, 4.69) is 57.2 Å². The summed E-state index contributed by atoms with van der Waals surface area (Å²) in [5.41, 5.74) is 5.68. The molecule has 0 aliphatic rings. The molecular weight excluding hydrogens is 278 g/mol. The Hall–Kier alpha value is -1.63. The molecule has 0 aliphatic heterocycles. The lowest BCUT2D eigenvalue weighted by molar-refractivity contribution is 0.555. The van der Waals surface area contributed by atoms with Crippen molar-refractivity contribution in [1.82, 2.24) is 4.98 Å². The SMILES string of the molecule is CCCc1ccccc1Cc1ncccc1C(CCC)CCC. The van der Waals surface area contributed by atoms with Gasteiger partial charge >= 0.3 is 0 Å². The van der Waals surface area contributed by atoms with Gasteiger partial charge in [0.2, 0.25) is 0 Å². The molecular formula is C22H31N. The van der Waals surface area contributed by atoms with Crippen LogP contribution in [0.25, 0.3) is 0 Å². The molecule has 0 aliphatic carbocycles. The Labute approximate surface area is 142 Å². The van der Waals surface area contributed by atoms with Crippen LogP contribution in [0.15, 0.2) is 42.6 Å². The van der Waals surface area contributed by atoms with E-state index in [4.69, 9.17) is 4.98 Å². The van der Waals surface area contributed by atoms with Gasteiger partial charge in [-0.15, -0.1) is 0 Å². The highest BCUT2D eigenvalue weighted by atomic mass is 14.7. The average Bonchev–Trinajstić information content (AvgIpc) is 2.57. The minimum atomic E-state index is 0.659. The van der Waals surface area contributed by atoms with Crippen molar-refractivity contribution < 1.29 is 0 Å². The second kappa shape index (κ2) is 9.50. The fraction of sp³-hybridized carbons (Fsp3) is 0.500. The summed E-state index contributed by atoms with van der Waals surface area (Å²) in [4.78, 5) is 4.76. The monoisotopic (exact) mass is 309 g/mol. The first-order chi connectivity index (χ1) is 11.3. The molecule has 0 amide bonds. The second-order valence-electron chi connectivity index (χ2n) is 6.51. The summed E-state index contributed by atoms with van der Waals surface area (Å²) in [6.45, 7) is 6.83. The Bertz CT molecular complexity index is 582. The maximum atomic E-state index is 4.76. The molecule has 1 aromatic carbocycles. The third kappa shape index (κ3) is 4.92. The number of aromatic nitrogens is 1. The zero-order chi connectivity index (χ0) is 16.5. The van der Waals surface area contributed by atoms with E-state index in [-0.39, 0.29) is 0 Å². The number of rotatable bonds is 9. The molecule has 1 heteroatoms. The van der Waals surface area contributed by atoms with E-state index in [1.165, 1.54) is 54.5 Å². The summed E-state index contributed by atoms with van der Waals surface area (Å²) in [6.07, 6.45) is 10.3. The molecule has 1 aromatic heterocycles.